The fraction of sp³-hybridized carbons (Fsp3) is 0.412. The van der Waals surface area contributed by atoms with E-state index in [1.807, 2.05) is 36.9 Å². The van der Waals surface area contributed by atoms with Crippen LogP contribution in [0.4, 0.5) is 0 Å². The van der Waals surface area contributed by atoms with E-state index >= 15 is 0 Å². The van der Waals surface area contributed by atoms with Crippen molar-refractivity contribution < 1.29 is 9.32 Å². The maximum Gasteiger partial charge on any atom is 0.256 e. The first-order valence-corrected chi connectivity index (χ1v) is 8.21. The van der Waals surface area contributed by atoms with Crippen molar-refractivity contribution >= 4 is 16.8 Å². The van der Waals surface area contributed by atoms with Crippen LogP contribution in [0.25, 0.3) is 10.9 Å². The number of hydrogen-bond donors (Lipinski definition) is 1. The summed E-state index contributed by atoms with van der Waals surface area (Å²) in [6.07, 6.45) is 3.50. The summed E-state index contributed by atoms with van der Waals surface area (Å²) in [5, 5.41) is 12.0. The highest BCUT2D eigenvalue weighted by Gasteiger charge is 2.34. The summed E-state index contributed by atoms with van der Waals surface area (Å²) in [6.45, 7) is 4.71. The van der Waals surface area contributed by atoms with E-state index in [1.165, 1.54) is 0 Å². The average Bonchev–Trinajstić information content (AvgIpc) is 3.31. The lowest BCUT2D eigenvalue weighted by Gasteiger charge is -2.22. The molecule has 7 heteroatoms. The Morgan fingerprint density at radius 2 is 2.29 bits per heavy atom. The van der Waals surface area contributed by atoms with Crippen molar-refractivity contribution in [3.63, 3.8) is 0 Å². The Bertz CT molecular complexity index is 882. The zero-order chi connectivity index (χ0) is 16.7. The number of hydrogen-bond acceptors (Lipinski definition) is 5. The lowest BCUT2D eigenvalue weighted by Crippen LogP contribution is -2.31. The molecular formula is C17H19N5O2. The molecule has 7 nitrogen and oxygen atoms in total. The van der Waals surface area contributed by atoms with Gasteiger partial charge < -0.3 is 9.42 Å². The quantitative estimate of drug-likeness (QED) is 0.799. The molecule has 0 bridgehead atoms. The van der Waals surface area contributed by atoms with Gasteiger partial charge in [0.05, 0.1) is 23.3 Å². The molecule has 0 aliphatic carbocycles. The predicted octanol–water partition coefficient (Wildman–Crippen LogP) is 3.05. The summed E-state index contributed by atoms with van der Waals surface area (Å²) in [5.41, 5.74) is 1.40. The first kappa shape index (κ1) is 14.9. The highest BCUT2D eigenvalue weighted by molar-refractivity contribution is 6.05. The zero-order valence-electron chi connectivity index (χ0n) is 13.7. The number of carbonyl (C=O) groups is 1. The molecule has 1 saturated heterocycles. The van der Waals surface area contributed by atoms with Crippen LogP contribution in [0.2, 0.25) is 0 Å². The fourth-order valence-corrected chi connectivity index (χ4v) is 3.20. The second-order valence-electron chi connectivity index (χ2n) is 6.44. The van der Waals surface area contributed by atoms with Crippen molar-refractivity contribution in [2.75, 3.05) is 6.54 Å². The average molecular weight is 325 g/mol. The van der Waals surface area contributed by atoms with Gasteiger partial charge in [0.15, 0.2) is 5.82 Å². The molecule has 3 aromatic rings. The van der Waals surface area contributed by atoms with Gasteiger partial charge in [0.25, 0.3) is 5.91 Å². The van der Waals surface area contributed by atoms with Gasteiger partial charge in [-0.15, -0.1) is 0 Å². The first-order valence-electron chi connectivity index (χ1n) is 8.21. The normalized spacial score (nSPS) is 18.0. The summed E-state index contributed by atoms with van der Waals surface area (Å²) in [7, 11) is 0. The van der Waals surface area contributed by atoms with Crippen LogP contribution >= 0.6 is 0 Å². The monoisotopic (exact) mass is 325 g/mol. The molecule has 0 radical (unpaired) electrons. The number of para-hydroxylation sites is 1. The molecule has 1 fully saturated rings. The summed E-state index contributed by atoms with van der Waals surface area (Å²) in [4.78, 5) is 19.4. The van der Waals surface area contributed by atoms with E-state index < -0.39 is 0 Å². The Labute approximate surface area is 139 Å². The van der Waals surface area contributed by atoms with Gasteiger partial charge in [-0.05, 0) is 18.9 Å². The minimum absolute atomic E-state index is 0.0248. The molecule has 1 N–H and O–H groups in total. The van der Waals surface area contributed by atoms with Crippen molar-refractivity contribution in [2.24, 2.45) is 0 Å². The summed E-state index contributed by atoms with van der Waals surface area (Å²) in [5.74, 6) is 1.36. The van der Waals surface area contributed by atoms with Gasteiger partial charge in [-0.3, -0.25) is 9.89 Å². The van der Waals surface area contributed by atoms with Crippen LogP contribution in [0, 0.1) is 0 Å². The van der Waals surface area contributed by atoms with E-state index in [4.69, 9.17) is 4.52 Å². The molecule has 124 valence electrons. The number of likely N-dealkylation sites (tertiary alicyclic amines) is 1. The number of carbonyl (C=O) groups excluding carboxylic acids is 1. The third kappa shape index (κ3) is 2.36. The minimum Gasteiger partial charge on any atom is -0.339 e. The SMILES string of the molecule is CC(C)c1nc([C@H]2CCCN2C(=O)c2cccc3cn[nH]c23)no1. The van der Waals surface area contributed by atoms with Crippen LogP contribution in [-0.4, -0.2) is 37.7 Å². The van der Waals surface area contributed by atoms with Crippen molar-refractivity contribution in [2.45, 2.75) is 38.6 Å². The maximum atomic E-state index is 13.1. The topological polar surface area (TPSA) is 87.9 Å². The molecular weight excluding hydrogens is 306 g/mol. The molecule has 1 atom stereocenters. The van der Waals surface area contributed by atoms with Gasteiger partial charge >= 0.3 is 0 Å². The van der Waals surface area contributed by atoms with Crippen LogP contribution in [0.1, 0.15) is 60.7 Å². The highest BCUT2D eigenvalue weighted by atomic mass is 16.5. The van der Waals surface area contributed by atoms with Gasteiger partial charge in [0.1, 0.15) is 0 Å². The van der Waals surface area contributed by atoms with E-state index in [1.54, 1.807) is 6.20 Å². The molecule has 2 aromatic heterocycles. The summed E-state index contributed by atoms with van der Waals surface area (Å²) >= 11 is 0. The second-order valence-corrected chi connectivity index (χ2v) is 6.44. The standard InChI is InChI=1S/C17H19N5O2/c1-10(2)16-19-15(21-24-16)13-7-4-8-22(13)17(23)12-6-3-5-11-9-18-20-14(11)12/h3,5-6,9-10,13H,4,7-8H2,1-2H3,(H,18,20)/t13-/m1/s1. The third-order valence-electron chi connectivity index (χ3n) is 4.47. The molecule has 0 unspecified atom stereocenters. The number of amides is 1. The number of benzene rings is 1. The van der Waals surface area contributed by atoms with E-state index in [0.717, 1.165) is 23.7 Å². The van der Waals surface area contributed by atoms with E-state index in [9.17, 15) is 4.79 Å². The first-order chi connectivity index (χ1) is 11.6. The second kappa shape index (κ2) is 5.74. The predicted molar refractivity (Wildman–Crippen MR) is 87.5 cm³/mol. The smallest absolute Gasteiger partial charge is 0.256 e. The molecule has 0 spiro atoms. The van der Waals surface area contributed by atoms with Crippen LogP contribution in [0.5, 0.6) is 0 Å². The Hall–Kier alpha value is -2.70. The van der Waals surface area contributed by atoms with E-state index in [2.05, 4.69) is 20.3 Å². The molecule has 4 rings (SSSR count). The molecule has 1 aromatic carbocycles. The molecule has 1 amide bonds. The van der Waals surface area contributed by atoms with Crippen molar-refractivity contribution in [1.82, 2.24) is 25.2 Å². The summed E-state index contributed by atoms with van der Waals surface area (Å²) < 4.78 is 5.31. The Morgan fingerprint density at radius 1 is 1.42 bits per heavy atom. The Morgan fingerprint density at radius 3 is 3.08 bits per heavy atom. The number of nitrogens with zero attached hydrogens (tertiary/aromatic N) is 4. The number of aromatic amines is 1. The van der Waals surface area contributed by atoms with Gasteiger partial charge in [-0.25, -0.2) is 0 Å². The van der Waals surface area contributed by atoms with Gasteiger partial charge in [-0.2, -0.15) is 10.1 Å². The van der Waals surface area contributed by atoms with Crippen LogP contribution in [0.15, 0.2) is 28.9 Å². The number of fused-ring (bicyclic) bond motifs is 1. The lowest BCUT2D eigenvalue weighted by molar-refractivity contribution is 0.0730. The summed E-state index contributed by atoms with van der Waals surface area (Å²) in [6, 6.07) is 5.51. The Balaban J connectivity index is 1.67. The number of H-pyrrole nitrogens is 1. The zero-order valence-corrected chi connectivity index (χ0v) is 13.7. The van der Waals surface area contributed by atoms with Crippen LogP contribution in [-0.2, 0) is 0 Å². The molecule has 24 heavy (non-hydrogen) atoms. The maximum absolute atomic E-state index is 13.1. The minimum atomic E-state index is -0.132. The number of rotatable bonds is 3. The highest BCUT2D eigenvalue weighted by Crippen LogP contribution is 2.33. The Kier molecular flexibility index (Phi) is 3.55. The van der Waals surface area contributed by atoms with Crippen molar-refractivity contribution in [3.05, 3.63) is 41.7 Å². The van der Waals surface area contributed by atoms with Crippen molar-refractivity contribution in [1.29, 1.82) is 0 Å². The molecule has 1 aliphatic rings. The van der Waals surface area contributed by atoms with Crippen LogP contribution < -0.4 is 0 Å². The van der Waals surface area contributed by atoms with Gasteiger partial charge in [0, 0.05) is 17.8 Å². The van der Waals surface area contributed by atoms with E-state index in [0.29, 0.717) is 23.8 Å². The molecule has 1 aliphatic heterocycles. The van der Waals surface area contributed by atoms with E-state index in [-0.39, 0.29) is 17.9 Å². The van der Waals surface area contributed by atoms with Crippen LogP contribution in [0.3, 0.4) is 0 Å². The molecule has 0 saturated carbocycles. The fourth-order valence-electron chi connectivity index (χ4n) is 3.20. The number of nitrogens with one attached hydrogen (secondary N) is 1. The largest absolute Gasteiger partial charge is 0.339 e. The van der Waals surface area contributed by atoms with Crippen molar-refractivity contribution in [3.8, 4) is 0 Å². The number of aromatic nitrogens is 4. The third-order valence-corrected chi connectivity index (χ3v) is 4.47. The van der Waals surface area contributed by atoms with Gasteiger partial charge in [-0.1, -0.05) is 31.1 Å². The lowest BCUT2D eigenvalue weighted by atomic mass is 10.1. The van der Waals surface area contributed by atoms with Gasteiger partial charge in [0.2, 0.25) is 5.89 Å². The molecule has 3 heterocycles.